The molecule has 12 heteroatoms. The Kier molecular flexibility index (Phi) is 6.76. The maximum atomic E-state index is 14.5. The van der Waals surface area contributed by atoms with E-state index in [4.69, 9.17) is 4.74 Å². The number of halogens is 4. The van der Waals surface area contributed by atoms with Gasteiger partial charge in [-0.1, -0.05) is 6.07 Å². The normalized spacial score (nSPS) is 19.7. The summed E-state index contributed by atoms with van der Waals surface area (Å²) in [5.41, 5.74) is 1.75. The molecule has 3 aliphatic rings. The standard InChI is InChI=1S/C25H25F4N5O3/c26-16-11-18(14-4-5-14)21(19(12-16)22(35)33-24-30-6-7-31-24)32-17-3-1-2-15(10-17)23(36)34-8-9-37-20(13-34)25(27,28)29/h1-3,10-12,14,20,32H,4-9,13H2,(H2,30,31,33,35). The molecular formula is C25H25F4N5O3. The quantitative estimate of drug-likeness (QED) is 0.526. The van der Waals surface area contributed by atoms with Gasteiger partial charge in [0, 0.05) is 24.3 Å². The number of carbonyl (C=O) groups excluding carboxylic acids is 2. The zero-order valence-corrected chi connectivity index (χ0v) is 19.7. The first-order chi connectivity index (χ1) is 17.7. The van der Waals surface area contributed by atoms with Crippen molar-refractivity contribution in [3.8, 4) is 0 Å². The highest BCUT2D eigenvalue weighted by Gasteiger charge is 2.44. The second kappa shape index (κ2) is 10.0. The van der Waals surface area contributed by atoms with Crippen molar-refractivity contribution in [2.75, 3.05) is 38.1 Å². The van der Waals surface area contributed by atoms with Crippen molar-refractivity contribution in [2.45, 2.75) is 31.0 Å². The number of nitrogens with one attached hydrogen (secondary N) is 3. The SMILES string of the molecule is O=C(NC1=NCCN1)c1cc(F)cc(C2CC2)c1Nc1cccc(C(=O)N2CCOC(C(F)(F)F)C2)c1. The molecule has 1 aliphatic carbocycles. The van der Waals surface area contributed by atoms with Crippen LogP contribution in [0.25, 0.3) is 0 Å². The first kappa shape index (κ1) is 25.0. The van der Waals surface area contributed by atoms with E-state index in [-0.39, 0.29) is 30.2 Å². The number of rotatable bonds is 5. The van der Waals surface area contributed by atoms with E-state index >= 15 is 0 Å². The summed E-state index contributed by atoms with van der Waals surface area (Å²) in [6, 6.07) is 8.80. The second-order valence-corrected chi connectivity index (χ2v) is 9.16. The second-order valence-electron chi connectivity index (χ2n) is 9.16. The number of morpholine rings is 1. The maximum absolute atomic E-state index is 14.5. The van der Waals surface area contributed by atoms with Crippen molar-refractivity contribution in [1.29, 1.82) is 0 Å². The van der Waals surface area contributed by atoms with Crippen LogP contribution in [0, 0.1) is 5.82 Å². The largest absolute Gasteiger partial charge is 0.416 e. The number of carbonyl (C=O) groups is 2. The predicted octanol–water partition coefficient (Wildman–Crippen LogP) is 3.54. The average molecular weight is 519 g/mol. The van der Waals surface area contributed by atoms with Gasteiger partial charge in [-0.25, -0.2) is 4.39 Å². The van der Waals surface area contributed by atoms with Crippen LogP contribution in [0.4, 0.5) is 28.9 Å². The lowest BCUT2D eigenvalue weighted by Crippen LogP contribution is -2.51. The summed E-state index contributed by atoms with van der Waals surface area (Å²) in [7, 11) is 0. The van der Waals surface area contributed by atoms with Crippen LogP contribution in [-0.2, 0) is 4.74 Å². The first-order valence-electron chi connectivity index (χ1n) is 12.0. The summed E-state index contributed by atoms with van der Waals surface area (Å²) in [5.74, 6) is -1.26. The topological polar surface area (TPSA) is 95.1 Å². The summed E-state index contributed by atoms with van der Waals surface area (Å²) in [5, 5.41) is 8.75. The smallest absolute Gasteiger partial charge is 0.365 e. The van der Waals surface area contributed by atoms with Crippen LogP contribution in [0.1, 0.15) is 45.0 Å². The molecule has 0 radical (unpaired) electrons. The number of hydrogen-bond acceptors (Lipinski definition) is 6. The average Bonchev–Trinajstić information content (AvgIpc) is 3.60. The van der Waals surface area contributed by atoms with Gasteiger partial charge in [0.15, 0.2) is 12.1 Å². The third-order valence-corrected chi connectivity index (χ3v) is 6.40. The van der Waals surface area contributed by atoms with Gasteiger partial charge in [-0.05, 0) is 54.7 Å². The van der Waals surface area contributed by atoms with Gasteiger partial charge in [-0.3, -0.25) is 19.9 Å². The van der Waals surface area contributed by atoms with Gasteiger partial charge >= 0.3 is 6.18 Å². The minimum atomic E-state index is -4.57. The summed E-state index contributed by atoms with van der Waals surface area (Å²) in [6.07, 6.45) is -4.90. The van der Waals surface area contributed by atoms with Crippen LogP contribution in [0.2, 0.25) is 0 Å². The summed E-state index contributed by atoms with van der Waals surface area (Å²) in [4.78, 5) is 31.3. The van der Waals surface area contributed by atoms with Gasteiger partial charge in [-0.2, -0.15) is 13.2 Å². The number of aliphatic imine (C=N–C) groups is 1. The lowest BCUT2D eigenvalue weighted by atomic mass is 10.0. The molecule has 1 saturated carbocycles. The Bertz CT molecular complexity index is 1250. The van der Waals surface area contributed by atoms with Crippen molar-refractivity contribution >= 4 is 29.1 Å². The number of ether oxygens (including phenoxy) is 1. The Hall–Kier alpha value is -3.67. The van der Waals surface area contributed by atoms with Gasteiger partial charge < -0.3 is 20.3 Å². The van der Waals surface area contributed by atoms with Gasteiger partial charge in [0.25, 0.3) is 11.8 Å². The van der Waals surface area contributed by atoms with E-state index in [1.165, 1.54) is 18.2 Å². The Morgan fingerprint density at radius 1 is 1.16 bits per heavy atom. The van der Waals surface area contributed by atoms with Crippen molar-refractivity contribution < 1.29 is 31.9 Å². The van der Waals surface area contributed by atoms with E-state index in [0.717, 1.165) is 23.8 Å². The molecule has 2 aliphatic heterocycles. The molecule has 1 saturated heterocycles. The highest BCUT2D eigenvalue weighted by Crippen LogP contribution is 2.45. The first-order valence-corrected chi connectivity index (χ1v) is 12.0. The maximum Gasteiger partial charge on any atom is 0.416 e. The van der Waals surface area contributed by atoms with Gasteiger partial charge in [0.1, 0.15) is 5.82 Å². The molecule has 5 rings (SSSR count). The van der Waals surface area contributed by atoms with Gasteiger partial charge in [0.05, 0.1) is 30.9 Å². The summed E-state index contributed by atoms with van der Waals surface area (Å²) < 4.78 is 58.6. The van der Waals surface area contributed by atoms with Crippen molar-refractivity contribution in [2.24, 2.45) is 4.99 Å². The highest BCUT2D eigenvalue weighted by molar-refractivity contribution is 6.09. The van der Waals surface area contributed by atoms with Crippen molar-refractivity contribution in [3.63, 3.8) is 0 Å². The number of hydrogen-bond donors (Lipinski definition) is 3. The van der Waals surface area contributed by atoms with Crippen LogP contribution < -0.4 is 16.0 Å². The zero-order chi connectivity index (χ0) is 26.2. The molecule has 2 amide bonds. The number of anilines is 2. The lowest BCUT2D eigenvalue weighted by Gasteiger charge is -2.33. The minimum absolute atomic E-state index is 0.0368. The molecule has 2 heterocycles. The van der Waals surface area contributed by atoms with Crippen molar-refractivity contribution in [3.05, 3.63) is 58.9 Å². The van der Waals surface area contributed by atoms with E-state index in [1.54, 1.807) is 12.1 Å². The van der Waals surface area contributed by atoms with E-state index in [9.17, 15) is 27.2 Å². The van der Waals surface area contributed by atoms with E-state index in [0.29, 0.717) is 36.0 Å². The molecule has 37 heavy (non-hydrogen) atoms. The molecule has 0 spiro atoms. The molecule has 2 aromatic rings. The molecule has 3 N–H and O–H groups in total. The molecule has 196 valence electrons. The fourth-order valence-corrected chi connectivity index (χ4v) is 4.41. The monoisotopic (exact) mass is 519 g/mol. The van der Waals surface area contributed by atoms with Crippen LogP contribution in [0.3, 0.4) is 0 Å². The highest BCUT2D eigenvalue weighted by atomic mass is 19.4. The molecule has 0 bridgehead atoms. The number of benzene rings is 2. The number of nitrogens with zero attached hydrogens (tertiary/aromatic N) is 2. The van der Waals surface area contributed by atoms with E-state index in [1.807, 2.05) is 0 Å². The third-order valence-electron chi connectivity index (χ3n) is 6.40. The van der Waals surface area contributed by atoms with Crippen molar-refractivity contribution in [1.82, 2.24) is 15.5 Å². The third kappa shape index (κ3) is 5.68. The molecule has 8 nitrogen and oxygen atoms in total. The molecule has 1 unspecified atom stereocenters. The van der Waals surface area contributed by atoms with Crippen LogP contribution in [-0.4, -0.2) is 67.7 Å². The van der Waals surface area contributed by atoms with Crippen LogP contribution in [0.15, 0.2) is 41.4 Å². The zero-order valence-electron chi connectivity index (χ0n) is 19.7. The Morgan fingerprint density at radius 2 is 1.97 bits per heavy atom. The van der Waals surface area contributed by atoms with E-state index in [2.05, 4.69) is 20.9 Å². The molecule has 1 atom stereocenters. The lowest BCUT2D eigenvalue weighted by molar-refractivity contribution is -0.233. The fourth-order valence-electron chi connectivity index (χ4n) is 4.41. The minimum Gasteiger partial charge on any atom is -0.365 e. The molecular weight excluding hydrogens is 494 g/mol. The predicted molar refractivity (Wildman–Crippen MR) is 128 cm³/mol. The van der Waals surface area contributed by atoms with Crippen LogP contribution >= 0.6 is 0 Å². The number of guanidine groups is 1. The van der Waals surface area contributed by atoms with Gasteiger partial charge in [0.2, 0.25) is 0 Å². The van der Waals surface area contributed by atoms with Crippen LogP contribution in [0.5, 0.6) is 0 Å². The Labute approximate surface area is 210 Å². The number of alkyl halides is 3. The summed E-state index contributed by atoms with van der Waals surface area (Å²) >= 11 is 0. The fraction of sp³-hybridized carbons (Fsp3) is 0.400. The Morgan fingerprint density at radius 3 is 2.68 bits per heavy atom. The molecule has 2 fully saturated rings. The molecule has 2 aromatic carbocycles. The number of amides is 2. The van der Waals surface area contributed by atoms with E-state index < -0.39 is 36.5 Å². The Balaban J connectivity index is 1.41. The van der Waals surface area contributed by atoms with Gasteiger partial charge in [-0.15, -0.1) is 0 Å². The molecule has 0 aromatic heterocycles. The summed E-state index contributed by atoms with van der Waals surface area (Å²) in [6.45, 7) is 0.337.